The van der Waals surface area contributed by atoms with Crippen molar-refractivity contribution >= 4 is 37.6 Å². The number of halogens is 2. The molecule has 1 fully saturated rings. The fraction of sp³-hybridized carbons (Fsp3) is 0.400. The molecule has 1 saturated heterocycles. The molecule has 0 aromatic heterocycles. The van der Waals surface area contributed by atoms with Gasteiger partial charge in [-0.3, -0.25) is 4.84 Å². The fourth-order valence-electron chi connectivity index (χ4n) is 1.56. The first-order valence-corrected chi connectivity index (χ1v) is 7.73. The summed E-state index contributed by atoms with van der Waals surface area (Å²) in [6, 6.07) is 4.67. The zero-order valence-electron chi connectivity index (χ0n) is 8.90. The Morgan fingerprint density at radius 3 is 2.71 bits per heavy atom. The molecule has 1 aliphatic heterocycles. The summed E-state index contributed by atoms with van der Waals surface area (Å²) >= 11 is 9.18. The first-order valence-electron chi connectivity index (χ1n) is 5.12. The predicted octanol–water partition coefficient (Wildman–Crippen LogP) is 2.82. The van der Waals surface area contributed by atoms with Crippen molar-refractivity contribution in [3.05, 3.63) is 27.7 Å². The van der Waals surface area contributed by atoms with Crippen LogP contribution in [-0.4, -0.2) is 26.0 Å². The molecule has 1 heterocycles. The molecule has 1 aromatic rings. The first kappa shape index (κ1) is 13.3. The maximum absolute atomic E-state index is 12.2. The number of hydrogen-bond donors (Lipinski definition) is 0. The first-order chi connectivity index (χ1) is 8.01. The van der Waals surface area contributed by atoms with Crippen LogP contribution in [-0.2, 0) is 14.9 Å². The average Bonchev–Trinajstić information content (AvgIpc) is 2.29. The van der Waals surface area contributed by atoms with Crippen LogP contribution in [0.4, 0.5) is 0 Å². The van der Waals surface area contributed by atoms with E-state index in [0.717, 1.165) is 21.8 Å². The Hall–Kier alpha value is -0.140. The van der Waals surface area contributed by atoms with E-state index in [-0.39, 0.29) is 9.92 Å². The van der Waals surface area contributed by atoms with Gasteiger partial charge in [-0.15, -0.1) is 0 Å². The lowest BCUT2D eigenvalue weighted by atomic mass is 10.3. The van der Waals surface area contributed by atoms with E-state index in [1.165, 1.54) is 6.07 Å². The summed E-state index contributed by atoms with van der Waals surface area (Å²) in [7, 11) is -3.65. The molecule has 7 heteroatoms. The van der Waals surface area contributed by atoms with Crippen molar-refractivity contribution in [2.24, 2.45) is 0 Å². The number of nitrogens with zero attached hydrogens (tertiary/aromatic N) is 1. The van der Waals surface area contributed by atoms with Crippen LogP contribution in [0.2, 0.25) is 5.02 Å². The van der Waals surface area contributed by atoms with E-state index in [0.29, 0.717) is 13.2 Å². The Kier molecular flexibility index (Phi) is 4.10. The van der Waals surface area contributed by atoms with Crippen molar-refractivity contribution in [2.75, 3.05) is 13.2 Å². The molecule has 1 aromatic carbocycles. The second kappa shape index (κ2) is 5.24. The van der Waals surface area contributed by atoms with Crippen molar-refractivity contribution in [1.29, 1.82) is 0 Å². The Balaban J connectivity index is 2.37. The molecular formula is C10H11BrClNO3S. The summed E-state index contributed by atoms with van der Waals surface area (Å²) < 4.78 is 26.2. The van der Waals surface area contributed by atoms with Crippen molar-refractivity contribution in [1.82, 2.24) is 4.47 Å². The Labute approximate surface area is 114 Å². The number of benzene rings is 1. The lowest BCUT2D eigenvalue weighted by Gasteiger charge is -2.25. The smallest absolute Gasteiger partial charge is 0.266 e. The van der Waals surface area contributed by atoms with Crippen LogP contribution < -0.4 is 0 Å². The zero-order valence-corrected chi connectivity index (χ0v) is 12.1. The molecule has 94 valence electrons. The lowest BCUT2D eigenvalue weighted by Crippen LogP contribution is -2.35. The van der Waals surface area contributed by atoms with Crippen LogP contribution in [0.15, 0.2) is 27.6 Å². The largest absolute Gasteiger partial charge is 0.284 e. The molecule has 0 unspecified atom stereocenters. The van der Waals surface area contributed by atoms with E-state index in [1.807, 2.05) is 0 Å². The van der Waals surface area contributed by atoms with E-state index in [2.05, 4.69) is 15.9 Å². The van der Waals surface area contributed by atoms with Crippen molar-refractivity contribution in [3.8, 4) is 0 Å². The fourth-order valence-corrected chi connectivity index (χ4v) is 3.87. The number of sulfonamides is 1. The van der Waals surface area contributed by atoms with E-state index in [9.17, 15) is 8.42 Å². The average molecular weight is 341 g/mol. The Bertz CT molecular complexity index is 514. The van der Waals surface area contributed by atoms with Crippen molar-refractivity contribution in [2.45, 2.75) is 17.7 Å². The van der Waals surface area contributed by atoms with Gasteiger partial charge in [0.15, 0.2) is 0 Å². The van der Waals surface area contributed by atoms with E-state index in [1.54, 1.807) is 12.1 Å². The maximum atomic E-state index is 12.2. The summed E-state index contributed by atoms with van der Waals surface area (Å²) in [6.07, 6.45) is 1.67. The molecule has 4 nitrogen and oxygen atoms in total. The predicted molar refractivity (Wildman–Crippen MR) is 68.2 cm³/mol. The summed E-state index contributed by atoms with van der Waals surface area (Å²) in [4.78, 5) is 5.23. The van der Waals surface area contributed by atoms with Crippen LogP contribution >= 0.6 is 27.5 Å². The number of rotatable bonds is 2. The highest BCUT2D eigenvalue weighted by Gasteiger charge is 2.29. The van der Waals surface area contributed by atoms with Gasteiger partial charge in [-0.1, -0.05) is 32.0 Å². The van der Waals surface area contributed by atoms with Gasteiger partial charge >= 0.3 is 0 Å². The maximum Gasteiger partial charge on any atom is 0.266 e. The number of hydroxylamine groups is 1. The quantitative estimate of drug-likeness (QED) is 0.831. The summed E-state index contributed by atoms with van der Waals surface area (Å²) in [6.45, 7) is 0.794. The van der Waals surface area contributed by atoms with Crippen LogP contribution in [0.3, 0.4) is 0 Å². The van der Waals surface area contributed by atoms with Gasteiger partial charge in [-0.05, 0) is 31.0 Å². The van der Waals surface area contributed by atoms with Crippen LogP contribution in [0, 0.1) is 0 Å². The molecule has 17 heavy (non-hydrogen) atoms. The molecule has 0 saturated carbocycles. The summed E-state index contributed by atoms with van der Waals surface area (Å²) in [5, 5.41) is 0.188. The van der Waals surface area contributed by atoms with Crippen molar-refractivity contribution < 1.29 is 13.3 Å². The zero-order chi connectivity index (χ0) is 12.5. The van der Waals surface area contributed by atoms with Gasteiger partial charge in [0, 0.05) is 11.0 Å². The van der Waals surface area contributed by atoms with Gasteiger partial charge < -0.3 is 0 Å². The summed E-state index contributed by atoms with van der Waals surface area (Å²) in [5.41, 5.74) is 0. The molecule has 0 aliphatic carbocycles. The topological polar surface area (TPSA) is 46.6 Å². The third-order valence-electron chi connectivity index (χ3n) is 2.41. The highest BCUT2D eigenvalue weighted by Crippen LogP contribution is 2.28. The van der Waals surface area contributed by atoms with Crippen LogP contribution in [0.25, 0.3) is 0 Å². The van der Waals surface area contributed by atoms with Crippen LogP contribution in [0.1, 0.15) is 12.8 Å². The third kappa shape index (κ3) is 2.82. The summed E-state index contributed by atoms with van der Waals surface area (Å²) in [5.74, 6) is 0. The standard InChI is InChI=1S/C10H11BrClNO3S/c11-8-3-4-10(9(12)7-8)17(14,15)13-5-1-2-6-16-13/h3-4,7H,1-2,5-6H2. The molecule has 0 amide bonds. The van der Waals surface area contributed by atoms with E-state index < -0.39 is 10.0 Å². The second-order valence-electron chi connectivity index (χ2n) is 3.65. The molecule has 0 atom stereocenters. The Morgan fingerprint density at radius 2 is 2.12 bits per heavy atom. The van der Waals surface area contributed by atoms with E-state index in [4.69, 9.17) is 16.4 Å². The second-order valence-corrected chi connectivity index (χ2v) is 6.77. The highest BCUT2D eigenvalue weighted by molar-refractivity contribution is 9.10. The Morgan fingerprint density at radius 1 is 1.35 bits per heavy atom. The minimum atomic E-state index is -3.65. The third-order valence-corrected chi connectivity index (χ3v) is 5.06. The van der Waals surface area contributed by atoms with Gasteiger partial charge in [-0.2, -0.15) is 0 Å². The lowest BCUT2D eigenvalue weighted by molar-refractivity contribution is -0.108. The van der Waals surface area contributed by atoms with Crippen LogP contribution in [0.5, 0.6) is 0 Å². The molecule has 0 N–H and O–H groups in total. The normalized spacial score (nSPS) is 18.2. The molecule has 2 rings (SSSR count). The molecule has 0 radical (unpaired) electrons. The van der Waals surface area contributed by atoms with Gasteiger partial charge in [0.25, 0.3) is 10.0 Å². The number of hydrogen-bond acceptors (Lipinski definition) is 3. The van der Waals surface area contributed by atoms with Crippen molar-refractivity contribution in [3.63, 3.8) is 0 Å². The minimum absolute atomic E-state index is 0.0734. The van der Waals surface area contributed by atoms with E-state index >= 15 is 0 Å². The monoisotopic (exact) mass is 339 g/mol. The molecular weight excluding hydrogens is 330 g/mol. The molecule has 1 aliphatic rings. The van der Waals surface area contributed by atoms with Gasteiger partial charge in [0.05, 0.1) is 11.6 Å². The highest BCUT2D eigenvalue weighted by atomic mass is 79.9. The van der Waals surface area contributed by atoms with Gasteiger partial charge in [-0.25, -0.2) is 8.42 Å². The van der Waals surface area contributed by atoms with Gasteiger partial charge in [0.1, 0.15) is 4.90 Å². The molecule has 0 bridgehead atoms. The minimum Gasteiger partial charge on any atom is -0.284 e. The SMILES string of the molecule is O=S(=O)(c1ccc(Br)cc1Cl)N1CCCCO1. The molecule has 0 spiro atoms. The van der Waals surface area contributed by atoms with Gasteiger partial charge in [0.2, 0.25) is 0 Å².